The fraction of sp³-hybridized carbons (Fsp3) is 0.444. The molecular formula is C9H10O7S2. The van der Waals surface area contributed by atoms with Gasteiger partial charge in [-0.25, -0.2) is 21.6 Å². The molecule has 0 amide bonds. The first-order valence-electron chi connectivity index (χ1n) is 5.00. The first kappa shape index (κ1) is 13.1. The number of furan rings is 1. The third-order valence-electron chi connectivity index (χ3n) is 2.70. The molecule has 1 atom stereocenters. The van der Waals surface area contributed by atoms with E-state index >= 15 is 0 Å². The molecule has 1 saturated heterocycles. The smallest absolute Gasteiger partial charge is 0.371 e. The van der Waals surface area contributed by atoms with Crippen LogP contribution in [0.25, 0.3) is 0 Å². The average molecular weight is 294 g/mol. The zero-order valence-electron chi connectivity index (χ0n) is 9.07. The van der Waals surface area contributed by atoms with Gasteiger partial charge in [0.15, 0.2) is 9.84 Å². The van der Waals surface area contributed by atoms with Crippen molar-refractivity contribution in [2.24, 2.45) is 0 Å². The second-order valence-corrected chi connectivity index (χ2v) is 8.38. The molecule has 0 spiro atoms. The first-order chi connectivity index (χ1) is 8.22. The van der Waals surface area contributed by atoms with Crippen LogP contribution in [-0.4, -0.2) is 44.7 Å². The Balaban J connectivity index is 2.34. The molecule has 2 rings (SSSR count). The summed E-state index contributed by atoms with van der Waals surface area (Å²) in [6.45, 7) is 0. The summed E-state index contributed by atoms with van der Waals surface area (Å²) < 4.78 is 51.2. The van der Waals surface area contributed by atoms with Crippen LogP contribution in [0.2, 0.25) is 0 Å². The summed E-state index contributed by atoms with van der Waals surface area (Å²) in [4.78, 5) is 10.6. The van der Waals surface area contributed by atoms with E-state index in [0.29, 0.717) is 0 Å². The summed E-state index contributed by atoms with van der Waals surface area (Å²) in [7, 11) is -7.26. The topological polar surface area (TPSA) is 119 Å². The monoisotopic (exact) mass is 294 g/mol. The predicted octanol–water partition coefficient (Wildman–Crippen LogP) is -0.0614. The van der Waals surface area contributed by atoms with Crippen molar-refractivity contribution in [3.8, 4) is 0 Å². The van der Waals surface area contributed by atoms with Crippen LogP contribution < -0.4 is 0 Å². The lowest BCUT2D eigenvalue weighted by Gasteiger charge is -2.06. The van der Waals surface area contributed by atoms with Crippen LogP contribution in [0.1, 0.15) is 17.0 Å². The second kappa shape index (κ2) is 4.09. The number of carboxylic acids is 1. The van der Waals surface area contributed by atoms with Crippen LogP contribution in [0, 0.1) is 0 Å². The summed E-state index contributed by atoms with van der Waals surface area (Å²) in [6.07, 6.45) is 0.00771. The number of carbonyl (C=O) groups is 1. The van der Waals surface area contributed by atoms with E-state index in [0.717, 1.165) is 12.1 Å². The van der Waals surface area contributed by atoms with Crippen molar-refractivity contribution in [2.75, 3.05) is 11.5 Å². The third kappa shape index (κ3) is 2.27. The molecular weight excluding hydrogens is 284 g/mol. The molecule has 0 bridgehead atoms. The number of hydrogen-bond acceptors (Lipinski definition) is 6. The summed E-state index contributed by atoms with van der Waals surface area (Å²) in [5, 5.41) is 7.07. The molecule has 9 heteroatoms. The van der Waals surface area contributed by atoms with Gasteiger partial charge in [-0.3, -0.25) is 0 Å². The van der Waals surface area contributed by atoms with E-state index in [9.17, 15) is 21.6 Å². The number of hydrogen-bond donors (Lipinski definition) is 1. The second-order valence-electron chi connectivity index (χ2n) is 3.99. The Hall–Kier alpha value is -1.35. The molecule has 0 saturated carbocycles. The molecule has 1 N–H and O–H groups in total. The van der Waals surface area contributed by atoms with Gasteiger partial charge in [-0.2, -0.15) is 0 Å². The summed E-state index contributed by atoms with van der Waals surface area (Å²) >= 11 is 0. The highest BCUT2D eigenvalue weighted by molar-refractivity contribution is 7.96. The molecule has 0 radical (unpaired) electrons. The summed E-state index contributed by atoms with van der Waals surface area (Å²) in [5.74, 6) is -2.49. The largest absolute Gasteiger partial charge is 0.475 e. The zero-order valence-corrected chi connectivity index (χ0v) is 10.7. The highest BCUT2D eigenvalue weighted by Crippen LogP contribution is 2.26. The van der Waals surface area contributed by atoms with Gasteiger partial charge in [-0.05, 0) is 18.6 Å². The minimum absolute atomic E-state index is 0.00771. The molecule has 1 aliphatic rings. The van der Waals surface area contributed by atoms with Gasteiger partial charge in [0, 0.05) is 0 Å². The molecule has 18 heavy (non-hydrogen) atoms. The Bertz CT molecular complexity index is 680. The van der Waals surface area contributed by atoms with E-state index < -0.39 is 47.5 Å². The Morgan fingerprint density at radius 3 is 2.50 bits per heavy atom. The summed E-state index contributed by atoms with van der Waals surface area (Å²) in [6, 6.07) is 2.06. The van der Waals surface area contributed by atoms with Crippen molar-refractivity contribution in [1.82, 2.24) is 0 Å². The maximum Gasteiger partial charge on any atom is 0.371 e. The molecule has 7 nitrogen and oxygen atoms in total. The van der Waals surface area contributed by atoms with E-state index in [1.807, 2.05) is 0 Å². The van der Waals surface area contributed by atoms with Crippen molar-refractivity contribution >= 4 is 25.6 Å². The van der Waals surface area contributed by atoms with E-state index in [1.54, 1.807) is 0 Å². The Morgan fingerprint density at radius 2 is 2.06 bits per heavy atom. The number of rotatable bonds is 3. The van der Waals surface area contributed by atoms with Crippen molar-refractivity contribution in [1.29, 1.82) is 0 Å². The molecule has 2 heterocycles. The van der Waals surface area contributed by atoms with Crippen LogP contribution in [0.3, 0.4) is 0 Å². The van der Waals surface area contributed by atoms with Gasteiger partial charge in [0.1, 0.15) is 0 Å². The Labute approximate surface area is 103 Å². The van der Waals surface area contributed by atoms with Gasteiger partial charge in [-0.15, -0.1) is 0 Å². The lowest BCUT2D eigenvalue weighted by molar-refractivity contribution is 0.0656. The number of aromatic carboxylic acids is 1. The van der Waals surface area contributed by atoms with Gasteiger partial charge in [0.05, 0.1) is 16.8 Å². The molecule has 1 fully saturated rings. The van der Waals surface area contributed by atoms with E-state index in [2.05, 4.69) is 0 Å². The van der Waals surface area contributed by atoms with Crippen LogP contribution in [0.4, 0.5) is 0 Å². The van der Waals surface area contributed by atoms with E-state index in [-0.39, 0.29) is 12.2 Å². The predicted molar refractivity (Wildman–Crippen MR) is 59.9 cm³/mol. The van der Waals surface area contributed by atoms with E-state index in [4.69, 9.17) is 9.52 Å². The fourth-order valence-corrected chi connectivity index (χ4v) is 6.01. The lowest BCUT2D eigenvalue weighted by Crippen LogP contribution is -2.22. The zero-order chi connectivity index (χ0) is 13.6. The Kier molecular flexibility index (Phi) is 2.98. The van der Waals surface area contributed by atoms with Gasteiger partial charge < -0.3 is 9.52 Å². The third-order valence-corrected chi connectivity index (χ3v) is 6.74. The highest BCUT2D eigenvalue weighted by Gasteiger charge is 2.39. The van der Waals surface area contributed by atoms with Crippen LogP contribution in [0.15, 0.2) is 21.6 Å². The standard InChI is InChI=1S/C9H10O7S2/c10-9(11)7-1-2-8(16-7)18(14,15)6-3-4-17(12,13)5-6/h1-2,6H,3-5H2,(H,10,11). The molecule has 1 aromatic rings. The van der Waals surface area contributed by atoms with Gasteiger partial charge in [0.2, 0.25) is 20.7 Å². The highest BCUT2D eigenvalue weighted by atomic mass is 32.2. The maximum atomic E-state index is 12.0. The minimum atomic E-state index is -3.93. The van der Waals surface area contributed by atoms with Crippen LogP contribution in [0.5, 0.6) is 0 Å². The van der Waals surface area contributed by atoms with Crippen molar-refractivity contribution < 1.29 is 31.2 Å². The van der Waals surface area contributed by atoms with Gasteiger partial charge in [-0.1, -0.05) is 0 Å². The van der Waals surface area contributed by atoms with E-state index in [1.165, 1.54) is 0 Å². The molecule has 1 unspecified atom stereocenters. The Morgan fingerprint density at radius 1 is 1.39 bits per heavy atom. The first-order valence-corrected chi connectivity index (χ1v) is 8.36. The fourth-order valence-electron chi connectivity index (χ4n) is 1.76. The molecule has 0 aliphatic carbocycles. The quantitative estimate of drug-likeness (QED) is 0.829. The maximum absolute atomic E-state index is 12.0. The van der Waals surface area contributed by atoms with Gasteiger partial charge in [0.25, 0.3) is 0 Å². The van der Waals surface area contributed by atoms with Crippen molar-refractivity contribution in [3.63, 3.8) is 0 Å². The average Bonchev–Trinajstić information content (AvgIpc) is 2.84. The minimum Gasteiger partial charge on any atom is -0.475 e. The SMILES string of the molecule is O=C(O)c1ccc(S(=O)(=O)C2CCS(=O)(=O)C2)o1. The van der Waals surface area contributed by atoms with Gasteiger partial charge >= 0.3 is 5.97 Å². The molecule has 1 aromatic heterocycles. The number of sulfone groups is 2. The normalized spacial score (nSPS) is 23.0. The summed E-state index contributed by atoms with van der Waals surface area (Å²) in [5.41, 5.74) is 0. The molecule has 1 aliphatic heterocycles. The van der Waals surface area contributed by atoms with Crippen molar-refractivity contribution in [3.05, 3.63) is 17.9 Å². The lowest BCUT2D eigenvalue weighted by atomic mass is 10.4. The molecule has 100 valence electrons. The molecule has 0 aromatic carbocycles. The number of carboxylic acid groups (broad SMARTS) is 1. The van der Waals surface area contributed by atoms with Crippen LogP contribution >= 0.6 is 0 Å². The van der Waals surface area contributed by atoms with Crippen molar-refractivity contribution in [2.45, 2.75) is 16.8 Å². The van der Waals surface area contributed by atoms with Crippen LogP contribution in [-0.2, 0) is 19.7 Å².